The molecule has 0 spiro atoms. The van der Waals surface area contributed by atoms with Gasteiger partial charge in [0.25, 0.3) is 5.56 Å². The summed E-state index contributed by atoms with van der Waals surface area (Å²) in [6, 6.07) is 16.5. The van der Waals surface area contributed by atoms with E-state index in [1.54, 1.807) is 18.2 Å². The highest BCUT2D eigenvalue weighted by Crippen LogP contribution is 2.31. The molecule has 0 aliphatic carbocycles. The van der Waals surface area contributed by atoms with Gasteiger partial charge in [-0.1, -0.05) is 54.2 Å². The van der Waals surface area contributed by atoms with Crippen LogP contribution in [0.5, 0.6) is 0 Å². The van der Waals surface area contributed by atoms with E-state index in [9.17, 15) is 9.59 Å². The van der Waals surface area contributed by atoms with E-state index in [0.29, 0.717) is 21.1 Å². The Bertz CT molecular complexity index is 1180. The molecular formula is C20H14N2O3S2. The minimum absolute atomic E-state index is 0.165. The largest absolute Gasteiger partial charge is 0.478 e. The number of nitrogens with zero attached hydrogens (tertiary/aromatic N) is 1. The zero-order chi connectivity index (χ0) is 18.8. The topological polar surface area (TPSA) is 83.0 Å². The van der Waals surface area contributed by atoms with E-state index in [-0.39, 0.29) is 11.1 Å². The fourth-order valence-corrected chi connectivity index (χ4v) is 4.58. The Balaban J connectivity index is 1.62. The molecule has 5 nitrogen and oxygen atoms in total. The third-order valence-electron chi connectivity index (χ3n) is 4.06. The summed E-state index contributed by atoms with van der Waals surface area (Å²) in [4.78, 5) is 31.8. The zero-order valence-electron chi connectivity index (χ0n) is 14.0. The van der Waals surface area contributed by atoms with Gasteiger partial charge in [-0.2, -0.15) is 0 Å². The Kier molecular flexibility index (Phi) is 4.79. The molecule has 0 radical (unpaired) electrons. The second-order valence-corrected chi connectivity index (χ2v) is 7.68. The predicted octanol–water partition coefficient (Wildman–Crippen LogP) is 4.64. The molecule has 0 atom stereocenters. The Morgan fingerprint density at radius 1 is 1.15 bits per heavy atom. The van der Waals surface area contributed by atoms with Gasteiger partial charge in [0.15, 0.2) is 5.16 Å². The summed E-state index contributed by atoms with van der Waals surface area (Å²) >= 11 is 2.82. The highest BCUT2D eigenvalue weighted by Gasteiger charge is 2.13. The van der Waals surface area contributed by atoms with Gasteiger partial charge < -0.3 is 10.1 Å². The molecule has 134 valence electrons. The number of rotatable bonds is 5. The molecule has 2 aromatic heterocycles. The van der Waals surface area contributed by atoms with E-state index in [1.807, 2.05) is 41.8 Å². The standard InChI is InChI=1S/C20H14N2O3S2/c23-17-16-15(13-6-2-1-3-7-13)11-26-18(16)22-20(21-17)27-10-12-5-4-8-14(9-12)19(24)25/h1-9,11H,10H2,(H,24,25)(H,21,22,23). The lowest BCUT2D eigenvalue weighted by atomic mass is 10.1. The minimum atomic E-state index is -0.957. The maximum Gasteiger partial charge on any atom is 0.335 e. The molecule has 0 saturated heterocycles. The van der Waals surface area contributed by atoms with Crippen molar-refractivity contribution < 1.29 is 9.90 Å². The van der Waals surface area contributed by atoms with Crippen LogP contribution in [0.25, 0.3) is 21.3 Å². The molecule has 0 amide bonds. The number of aromatic amines is 1. The van der Waals surface area contributed by atoms with E-state index in [2.05, 4.69) is 9.97 Å². The lowest BCUT2D eigenvalue weighted by Gasteiger charge is -2.04. The first-order valence-electron chi connectivity index (χ1n) is 8.14. The number of hydrogen-bond acceptors (Lipinski definition) is 5. The van der Waals surface area contributed by atoms with Crippen molar-refractivity contribution in [2.24, 2.45) is 0 Å². The predicted molar refractivity (Wildman–Crippen MR) is 109 cm³/mol. The van der Waals surface area contributed by atoms with E-state index in [0.717, 1.165) is 16.7 Å². The van der Waals surface area contributed by atoms with Crippen molar-refractivity contribution in [3.8, 4) is 11.1 Å². The fraction of sp³-hybridized carbons (Fsp3) is 0.0500. The molecule has 0 aliphatic rings. The van der Waals surface area contributed by atoms with Crippen LogP contribution in [0.4, 0.5) is 0 Å². The molecule has 0 bridgehead atoms. The first kappa shape index (κ1) is 17.5. The highest BCUT2D eigenvalue weighted by atomic mass is 32.2. The highest BCUT2D eigenvalue weighted by molar-refractivity contribution is 7.98. The van der Waals surface area contributed by atoms with Gasteiger partial charge in [0.05, 0.1) is 10.9 Å². The van der Waals surface area contributed by atoms with Crippen molar-refractivity contribution in [2.75, 3.05) is 0 Å². The molecule has 4 aromatic rings. The number of aromatic carboxylic acids is 1. The van der Waals surface area contributed by atoms with Crippen molar-refractivity contribution in [3.63, 3.8) is 0 Å². The lowest BCUT2D eigenvalue weighted by Crippen LogP contribution is -2.08. The first-order valence-corrected chi connectivity index (χ1v) is 10.0. The molecular weight excluding hydrogens is 380 g/mol. The number of carbonyl (C=O) groups is 1. The molecule has 4 rings (SSSR count). The molecule has 2 aromatic carbocycles. The quantitative estimate of drug-likeness (QED) is 0.380. The molecule has 0 fully saturated rings. The number of carboxylic acid groups (broad SMARTS) is 1. The second kappa shape index (κ2) is 7.38. The number of H-pyrrole nitrogens is 1. The van der Waals surface area contributed by atoms with E-state index in [1.165, 1.54) is 23.1 Å². The van der Waals surface area contributed by atoms with Crippen LogP contribution in [-0.2, 0) is 5.75 Å². The van der Waals surface area contributed by atoms with Crippen LogP contribution in [0, 0.1) is 0 Å². The normalized spacial score (nSPS) is 11.0. The number of aromatic nitrogens is 2. The third kappa shape index (κ3) is 3.65. The Labute approximate surface area is 162 Å². The SMILES string of the molecule is O=C(O)c1cccc(CSc2nc3scc(-c4ccccc4)c3c(=O)[nH]2)c1. The summed E-state index contributed by atoms with van der Waals surface area (Å²) in [7, 11) is 0. The van der Waals surface area contributed by atoms with Crippen LogP contribution in [-0.4, -0.2) is 21.0 Å². The third-order valence-corrected chi connectivity index (χ3v) is 5.87. The van der Waals surface area contributed by atoms with Crippen molar-refractivity contribution in [2.45, 2.75) is 10.9 Å². The van der Waals surface area contributed by atoms with Crippen molar-refractivity contribution in [3.05, 3.63) is 81.5 Å². The molecule has 0 saturated carbocycles. The zero-order valence-corrected chi connectivity index (χ0v) is 15.6. The van der Waals surface area contributed by atoms with Gasteiger partial charge in [-0.05, 0) is 23.3 Å². The smallest absolute Gasteiger partial charge is 0.335 e. The van der Waals surface area contributed by atoms with Gasteiger partial charge in [-0.15, -0.1) is 11.3 Å². The van der Waals surface area contributed by atoms with Crippen LogP contribution in [0.2, 0.25) is 0 Å². The number of benzene rings is 2. The molecule has 7 heteroatoms. The number of hydrogen-bond donors (Lipinski definition) is 2. The van der Waals surface area contributed by atoms with Gasteiger partial charge in [0.1, 0.15) is 4.83 Å². The Morgan fingerprint density at radius 2 is 1.96 bits per heavy atom. The summed E-state index contributed by atoms with van der Waals surface area (Å²) in [5.41, 5.74) is 2.81. The number of thioether (sulfide) groups is 1. The summed E-state index contributed by atoms with van der Waals surface area (Å²) in [6.07, 6.45) is 0. The molecule has 0 aliphatic heterocycles. The monoisotopic (exact) mass is 394 g/mol. The van der Waals surface area contributed by atoms with Gasteiger partial charge in [0, 0.05) is 16.7 Å². The van der Waals surface area contributed by atoms with Crippen LogP contribution in [0.1, 0.15) is 15.9 Å². The molecule has 2 heterocycles. The lowest BCUT2D eigenvalue weighted by molar-refractivity contribution is 0.0697. The van der Waals surface area contributed by atoms with Crippen LogP contribution in [0.15, 0.2) is 69.9 Å². The number of thiophene rings is 1. The van der Waals surface area contributed by atoms with Crippen molar-refractivity contribution >= 4 is 39.3 Å². The number of nitrogens with one attached hydrogen (secondary N) is 1. The average Bonchev–Trinajstić information content (AvgIpc) is 3.12. The van der Waals surface area contributed by atoms with Gasteiger partial charge in [0.2, 0.25) is 0 Å². The molecule has 2 N–H and O–H groups in total. The fourth-order valence-electron chi connectivity index (χ4n) is 2.77. The summed E-state index contributed by atoms with van der Waals surface area (Å²) in [6.45, 7) is 0. The number of carboxylic acids is 1. The minimum Gasteiger partial charge on any atom is -0.478 e. The first-order chi connectivity index (χ1) is 13.1. The van der Waals surface area contributed by atoms with Gasteiger partial charge in [-0.25, -0.2) is 9.78 Å². The van der Waals surface area contributed by atoms with Crippen LogP contribution >= 0.6 is 23.1 Å². The average molecular weight is 394 g/mol. The van der Waals surface area contributed by atoms with Crippen molar-refractivity contribution in [1.29, 1.82) is 0 Å². The molecule has 27 heavy (non-hydrogen) atoms. The van der Waals surface area contributed by atoms with Gasteiger partial charge >= 0.3 is 5.97 Å². The van der Waals surface area contributed by atoms with E-state index in [4.69, 9.17) is 5.11 Å². The van der Waals surface area contributed by atoms with Crippen molar-refractivity contribution in [1.82, 2.24) is 9.97 Å². The maximum absolute atomic E-state index is 12.6. The Hall–Kier alpha value is -2.90. The van der Waals surface area contributed by atoms with Gasteiger partial charge in [-0.3, -0.25) is 4.79 Å². The summed E-state index contributed by atoms with van der Waals surface area (Å²) in [5.74, 6) is -0.436. The Morgan fingerprint density at radius 3 is 2.74 bits per heavy atom. The van der Waals surface area contributed by atoms with E-state index < -0.39 is 5.97 Å². The van der Waals surface area contributed by atoms with Crippen LogP contribution < -0.4 is 5.56 Å². The van der Waals surface area contributed by atoms with Crippen LogP contribution in [0.3, 0.4) is 0 Å². The second-order valence-electron chi connectivity index (χ2n) is 5.86. The summed E-state index contributed by atoms with van der Waals surface area (Å²) < 4.78 is 0. The number of fused-ring (bicyclic) bond motifs is 1. The molecule has 0 unspecified atom stereocenters. The summed E-state index contributed by atoms with van der Waals surface area (Å²) in [5, 5.41) is 12.2. The maximum atomic E-state index is 12.6. The van der Waals surface area contributed by atoms with E-state index >= 15 is 0 Å².